The molecule has 1 aliphatic rings. The monoisotopic (exact) mass is 284 g/mol. The van der Waals surface area contributed by atoms with E-state index in [1.54, 1.807) is 0 Å². The Balaban J connectivity index is 2.56. The van der Waals surface area contributed by atoms with Gasteiger partial charge in [-0.15, -0.1) is 0 Å². The fraction of sp³-hybridized carbons (Fsp3) is 1.00. The summed E-state index contributed by atoms with van der Waals surface area (Å²) in [6, 6.07) is 1.15. The molecule has 120 valence electrons. The van der Waals surface area contributed by atoms with Gasteiger partial charge in [0.05, 0.1) is 6.61 Å². The van der Waals surface area contributed by atoms with Crippen LogP contribution >= 0.6 is 0 Å². The van der Waals surface area contributed by atoms with E-state index >= 15 is 0 Å². The third-order valence-electron chi connectivity index (χ3n) is 5.21. The molecule has 0 aromatic rings. The van der Waals surface area contributed by atoms with Crippen LogP contribution in [0.15, 0.2) is 0 Å². The highest BCUT2D eigenvalue weighted by Crippen LogP contribution is 2.38. The van der Waals surface area contributed by atoms with Gasteiger partial charge in [0.2, 0.25) is 0 Å². The maximum atomic E-state index is 9.93. The molecule has 0 aromatic heterocycles. The van der Waals surface area contributed by atoms with Crippen LogP contribution in [-0.2, 0) is 0 Å². The summed E-state index contributed by atoms with van der Waals surface area (Å²) in [5, 5.41) is 13.6. The molecule has 2 unspecified atom stereocenters. The van der Waals surface area contributed by atoms with Crippen molar-refractivity contribution in [2.45, 2.75) is 83.8 Å². The molecule has 2 atom stereocenters. The standard InChI is InChI=1S/C17H36N2O/c1-6-16(7-2)19(5)12-10-15-9-8-11-17(15,13-20)18-14(3)4/h14-16,18,20H,6-13H2,1-5H3. The Labute approximate surface area is 126 Å². The Morgan fingerprint density at radius 2 is 1.95 bits per heavy atom. The van der Waals surface area contributed by atoms with Crippen molar-refractivity contribution in [1.29, 1.82) is 0 Å². The minimum absolute atomic E-state index is 0.0249. The Hall–Kier alpha value is -0.120. The largest absolute Gasteiger partial charge is 0.394 e. The zero-order valence-electron chi connectivity index (χ0n) is 14.3. The maximum absolute atomic E-state index is 9.93. The Kier molecular flexibility index (Phi) is 7.49. The highest BCUT2D eigenvalue weighted by Gasteiger charge is 2.42. The molecule has 0 aromatic carbocycles. The summed E-state index contributed by atoms with van der Waals surface area (Å²) < 4.78 is 0. The van der Waals surface area contributed by atoms with Crippen LogP contribution in [0.4, 0.5) is 0 Å². The predicted molar refractivity (Wildman–Crippen MR) is 87.0 cm³/mol. The topological polar surface area (TPSA) is 35.5 Å². The molecule has 1 rings (SSSR count). The summed E-state index contributed by atoms with van der Waals surface area (Å²) in [6.45, 7) is 10.4. The van der Waals surface area contributed by atoms with Crippen LogP contribution < -0.4 is 5.32 Å². The highest BCUT2D eigenvalue weighted by molar-refractivity contribution is 5.00. The van der Waals surface area contributed by atoms with Gasteiger partial charge in [-0.25, -0.2) is 0 Å². The van der Waals surface area contributed by atoms with Crippen LogP contribution in [0.2, 0.25) is 0 Å². The summed E-state index contributed by atoms with van der Waals surface area (Å²) in [7, 11) is 2.25. The van der Waals surface area contributed by atoms with Crippen molar-refractivity contribution in [3.05, 3.63) is 0 Å². The number of hydrogen-bond acceptors (Lipinski definition) is 3. The smallest absolute Gasteiger partial charge is 0.0616 e. The Bertz CT molecular complexity index is 266. The predicted octanol–water partition coefficient (Wildman–Crippen LogP) is 3.03. The lowest BCUT2D eigenvalue weighted by Crippen LogP contribution is -2.54. The number of nitrogens with zero attached hydrogens (tertiary/aromatic N) is 1. The van der Waals surface area contributed by atoms with E-state index in [2.05, 4.69) is 45.0 Å². The molecule has 0 amide bonds. The second-order valence-electron chi connectivity index (χ2n) is 6.94. The Morgan fingerprint density at radius 3 is 2.45 bits per heavy atom. The van der Waals surface area contributed by atoms with E-state index in [4.69, 9.17) is 0 Å². The molecular formula is C17H36N2O. The van der Waals surface area contributed by atoms with Crippen molar-refractivity contribution in [2.24, 2.45) is 5.92 Å². The van der Waals surface area contributed by atoms with Crippen molar-refractivity contribution in [3.63, 3.8) is 0 Å². The van der Waals surface area contributed by atoms with E-state index in [0.29, 0.717) is 18.0 Å². The molecule has 2 N–H and O–H groups in total. The summed E-state index contributed by atoms with van der Waals surface area (Å²) in [6.07, 6.45) is 7.30. The van der Waals surface area contributed by atoms with Crippen LogP contribution in [0.5, 0.6) is 0 Å². The van der Waals surface area contributed by atoms with Crippen molar-refractivity contribution in [3.8, 4) is 0 Å². The third-order valence-corrected chi connectivity index (χ3v) is 5.21. The molecule has 0 radical (unpaired) electrons. The number of rotatable bonds is 9. The van der Waals surface area contributed by atoms with Gasteiger partial charge in [0, 0.05) is 17.6 Å². The number of aliphatic hydroxyl groups excluding tert-OH is 1. The van der Waals surface area contributed by atoms with Crippen LogP contribution in [-0.4, -0.2) is 47.8 Å². The molecule has 20 heavy (non-hydrogen) atoms. The number of nitrogens with one attached hydrogen (secondary N) is 1. The normalized spacial score (nSPS) is 27.1. The second-order valence-corrected chi connectivity index (χ2v) is 6.94. The van der Waals surface area contributed by atoms with Gasteiger partial charge in [0.25, 0.3) is 0 Å². The fourth-order valence-electron chi connectivity index (χ4n) is 4.04. The fourth-order valence-corrected chi connectivity index (χ4v) is 4.04. The van der Waals surface area contributed by atoms with Crippen LogP contribution in [0.3, 0.4) is 0 Å². The van der Waals surface area contributed by atoms with Gasteiger partial charge in [-0.2, -0.15) is 0 Å². The zero-order valence-corrected chi connectivity index (χ0v) is 14.3. The van der Waals surface area contributed by atoms with Gasteiger partial charge in [0.15, 0.2) is 0 Å². The minimum atomic E-state index is -0.0249. The van der Waals surface area contributed by atoms with Gasteiger partial charge in [-0.05, 0) is 51.6 Å². The maximum Gasteiger partial charge on any atom is 0.0616 e. The summed E-state index contributed by atoms with van der Waals surface area (Å²) in [5.74, 6) is 0.617. The summed E-state index contributed by atoms with van der Waals surface area (Å²) in [4.78, 5) is 2.51. The van der Waals surface area contributed by atoms with Gasteiger partial charge < -0.3 is 15.3 Å². The molecule has 1 aliphatic carbocycles. The van der Waals surface area contributed by atoms with E-state index in [0.717, 1.165) is 13.0 Å². The lowest BCUT2D eigenvalue weighted by Gasteiger charge is -2.38. The molecule has 3 heteroatoms. The first-order chi connectivity index (χ1) is 9.49. The quantitative estimate of drug-likeness (QED) is 0.683. The van der Waals surface area contributed by atoms with Crippen molar-refractivity contribution in [2.75, 3.05) is 20.2 Å². The van der Waals surface area contributed by atoms with E-state index in [1.165, 1.54) is 32.1 Å². The molecule has 0 saturated heterocycles. The van der Waals surface area contributed by atoms with Gasteiger partial charge in [-0.1, -0.05) is 34.1 Å². The van der Waals surface area contributed by atoms with Crippen molar-refractivity contribution < 1.29 is 5.11 Å². The third kappa shape index (κ3) is 4.44. The van der Waals surface area contributed by atoms with E-state index < -0.39 is 0 Å². The lowest BCUT2D eigenvalue weighted by molar-refractivity contribution is 0.101. The molecule has 1 fully saturated rings. The molecule has 0 aliphatic heterocycles. The molecule has 3 nitrogen and oxygen atoms in total. The molecule has 0 spiro atoms. The Morgan fingerprint density at radius 1 is 1.30 bits per heavy atom. The first kappa shape index (κ1) is 17.9. The second kappa shape index (κ2) is 8.35. The first-order valence-corrected chi connectivity index (χ1v) is 8.57. The number of aliphatic hydroxyl groups is 1. The van der Waals surface area contributed by atoms with E-state index in [-0.39, 0.29) is 12.1 Å². The molecule has 1 saturated carbocycles. The van der Waals surface area contributed by atoms with Gasteiger partial charge in [0.1, 0.15) is 0 Å². The van der Waals surface area contributed by atoms with Crippen molar-refractivity contribution >= 4 is 0 Å². The minimum Gasteiger partial charge on any atom is -0.394 e. The number of hydrogen-bond donors (Lipinski definition) is 2. The van der Waals surface area contributed by atoms with Gasteiger partial charge >= 0.3 is 0 Å². The molecule has 0 heterocycles. The van der Waals surface area contributed by atoms with Crippen LogP contribution in [0.25, 0.3) is 0 Å². The highest BCUT2D eigenvalue weighted by atomic mass is 16.3. The summed E-state index contributed by atoms with van der Waals surface area (Å²) in [5.41, 5.74) is -0.0249. The van der Waals surface area contributed by atoms with Crippen molar-refractivity contribution in [1.82, 2.24) is 10.2 Å². The van der Waals surface area contributed by atoms with E-state index in [1.807, 2.05) is 0 Å². The first-order valence-electron chi connectivity index (χ1n) is 8.57. The zero-order chi connectivity index (χ0) is 15.2. The van der Waals surface area contributed by atoms with E-state index in [9.17, 15) is 5.11 Å². The average molecular weight is 284 g/mol. The van der Waals surface area contributed by atoms with Crippen LogP contribution in [0, 0.1) is 5.92 Å². The summed E-state index contributed by atoms with van der Waals surface area (Å²) >= 11 is 0. The average Bonchev–Trinajstić information content (AvgIpc) is 2.80. The van der Waals surface area contributed by atoms with Crippen LogP contribution in [0.1, 0.15) is 66.2 Å². The lowest BCUT2D eigenvalue weighted by atomic mass is 9.84. The SMILES string of the molecule is CCC(CC)N(C)CCC1CCCC1(CO)NC(C)C. The van der Waals surface area contributed by atoms with Gasteiger partial charge in [-0.3, -0.25) is 0 Å². The molecular weight excluding hydrogens is 248 g/mol. The molecule has 0 bridgehead atoms.